The number of hydrogen-bond acceptors (Lipinski definition) is 6. The fourth-order valence-electron chi connectivity index (χ4n) is 4.56. The van der Waals surface area contributed by atoms with Gasteiger partial charge in [0.05, 0.1) is 18.2 Å². The smallest absolute Gasteiger partial charge is 0.224 e. The molecule has 0 aliphatic carbocycles. The fraction of sp³-hybridized carbons (Fsp3) is 0.591. The maximum atomic E-state index is 12.6. The van der Waals surface area contributed by atoms with E-state index < -0.39 is 0 Å². The van der Waals surface area contributed by atoms with Crippen LogP contribution in [0.4, 0.5) is 0 Å². The highest BCUT2D eigenvalue weighted by Crippen LogP contribution is 2.24. The molecule has 0 radical (unpaired) electrons. The summed E-state index contributed by atoms with van der Waals surface area (Å²) < 4.78 is 5.19. The van der Waals surface area contributed by atoms with Crippen molar-refractivity contribution in [3.8, 4) is 0 Å². The summed E-state index contributed by atoms with van der Waals surface area (Å²) in [5.74, 6) is 0.920. The highest BCUT2D eigenvalue weighted by atomic mass is 16.5. The number of likely N-dealkylation sites (tertiary alicyclic amines) is 2. The number of piperidine rings is 2. The van der Waals surface area contributed by atoms with Crippen LogP contribution in [0.2, 0.25) is 0 Å². The summed E-state index contributed by atoms with van der Waals surface area (Å²) in [6.45, 7) is 7.48. The molecule has 29 heavy (non-hydrogen) atoms. The summed E-state index contributed by atoms with van der Waals surface area (Å²) in [7, 11) is 0. The molecule has 1 atom stereocenters. The van der Waals surface area contributed by atoms with Gasteiger partial charge in [0.2, 0.25) is 5.91 Å². The van der Waals surface area contributed by atoms with Gasteiger partial charge in [-0.3, -0.25) is 19.6 Å². The van der Waals surface area contributed by atoms with Crippen molar-refractivity contribution >= 4 is 5.91 Å². The number of aromatic nitrogens is 2. The molecule has 2 aliphatic heterocycles. The quantitative estimate of drug-likeness (QED) is 0.807. The van der Waals surface area contributed by atoms with E-state index in [0.29, 0.717) is 18.3 Å². The normalized spacial score (nSPS) is 21.9. The van der Waals surface area contributed by atoms with Crippen molar-refractivity contribution in [1.82, 2.24) is 25.3 Å². The fourth-order valence-corrected chi connectivity index (χ4v) is 4.56. The number of amides is 1. The highest BCUT2D eigenvalue weighted by molar-refractivity contribution is 5.78. The zero-order valence-electron chi connectivity index (χ0n) is 17.2. The predicted molar refractivity (Wildman–Crippen MR) is 110 cm³/mol. The van der Waals surface area contributed by atoms with Gasteiger partial charge in [-0.25, -0.2) is 0 Å². The second kappa shape index (κ2) is 9.50. The van der Waals surface area contributed by atoms with Crippen molar-refractivity contribution < 1.29 is 9.32 Å². The summed E-state index contributed by atoms with van der Waals surface area (Å²) in [4.78, 5) is 21.9. The number of rotatable bonds is 6. The van der Waals surface area contributed by atoms with Gasteiger partial charge >= 0.3 is 0 Å². The Morgan fingerprint density at radius 2 is 2.14 bits per heavy atom. The Bertz CT molecular complexity index is 786. The lowest BCUT2D eigenvalue weighted by Gasteiger charge is -2.42. The zero-order valence-corrected chi connectivity index (χ0v) is 17.2. The minimum atomic E-state index is 0.0705. The Kier molecular flexibility index (Phi) is 6.56. The lowest BCUT2D eigenvalue weighted by molar-refractivity contribution is -0.127. The zero-order chi connectivity index (χ0) is 20.1. The number of nitrogens with zero attached hydrogens (tertiary/aromatic N) is 4. The molecule has 1 amide bonds. The minimum Gasteiger partial charge on any atom is -0.359 e. The second-order valence-corrected chi connectivity index (χ2v) is 8.36. The molecule has 4 heterocycles. The Labute approximate surface area is 172 Å². The SMILES string of the molecule is Cc1cc(CNC(=O)[C@@H]2CCCN(C3CCN(Cc4cccnc4)CC3)C2)on1. The van der Waals surface area contributed by atoms with Crippen molar-refractivity contribution in [1.29, 1.82) is 0 Å². The lowest BCUT2D eigenvalue weighted by Crippen LogP contribution is -2.50. The Morgan fingerprint density at radius 3 is 2.86 bits per heavy atom. The maximum Gasteiger partial charge on any atom is 0.224 e. The van der Waals surface area contributed by atoms with E-state index in [1.165, 1.54) is 18.4 Å². The van der Waals surface area contributed by atoms with Gasteiger partial charge in [-0.15, -0.1) is 0 Å². The summed E-state index contributed by atoms with van der Waals surface area (Å²) in [5.41, 5.74) is 2.12. The van der Waals surface area contributed by atoms with Crippen LogP contribution in [-0.4, -0.2) is 58.1 Å². The van der Waals surface area contributed by atoms with Crippen molar-refractivity contribution in [3.63, 3.8) is 0 Å². The van der Waals surface area contributed by atoms with Crippen LogP contribution in [0.1, 0.15) is 42.7 Å². The van der Waals surface area contributed by atoms with Crippen LogP contribution < -0.4 is 5.32 Å². The first-order valence-corrected chi connectivity index (χ1v) is 10.7. The molecule has 7 heteroatoms. The van der Waals surface area contributed by atoms with E-state index in [1.54, 1.807) is 0 Å². The van der Waals surface area contributed by atoms with Crippen LogP contribution in [0.3, 0.4) is 0 Å². The van der Waals surface area contributed by atoms with Gasteiger partial charge in [0.1, 0.15) is 0 Å². The van der Waals surface area contributed by atoms with E-state index in [4.69, 9.17) is 4.52 Å². The van der Waals surface area contributed by atoms with E-state index in [9.17, 15) is 4.79 Å². The number of carbonyl (C=O) groups is 1. The molecule has 2 aromatic rings. The topological polar surface area (TPSA) is 74.5 Å². The van der Waals surface area contributed by atoms with Crippen molar-refractivity contribution in [2.75, 3.05) is 26.2 Å². The molecular formula is C22H31N5O2. The van der Waals surface area contributed by atoms with Gasteiger partial charge in [0, 0.05) is 37.6 Å². The molecule has 2 saturated heterocycles. The molecule has 2 aliphatic rings. The van der Waals surface area contributed by atoms with E-state index in [1.807, 2.05) is 31.5 Å². The molecule has 0 spiro atoms. The molecule has 0 unspecified atom stereocenters. The van der Waals surface area contributed by atoms with E-state index in [2.05, 4.69) is 31.3 Å². The number of nitrogens with one attached hydrogen (secondary N) is 1. The van der Waals surface area contributed by atoms with Crippen LogP contribution in [0, 0.1) is 12.8 Å². The third kappa shape index (κ3) is 5.42. The molecular weight excluding hydrogens is 366 g/mol. The second-order valence-electron chi connectivity index (χ2n) is 8.36. The molecule has 2 fully saturated rings. The van der Waals surface area contributed by atoms with E-state index >= 15 is 0 Å². The first-order valence-electron chi connectivity index (χ1n) is 10.7. The molecule has 7 nitrogen and oxygen atoms in total. The summed E-state index contributed by atoms with van der Waals surface area (Å²) in [6.07, 6.45) is 8.19. The van der Waals surface area contributed by atoms with Gasteiger partial charge in [-0.2, -0.15) is 0 Å². The molecule has 1 N–H and O–H groups in total. The van der Waals surface area contributed by atoms with Gasteiger partial charge in [-0.05, 0) is 63.9 Å². The standard InChI is InChI=1S/C22H31N5O2/c1-17-12-21(29-25-17)14-24-22(28)19-5-3-9-27(16-19)20-6-10-26(11-7-20)15-18-4-2-8-23-13-18/h2,4,8,12-13,19-20H,3,5-7,9-11,14-16H2,1H3,(H,24,28)/t19-/m1/s1. The third-order valence-electron chi connectivity index (χ3n) is 6.14. The van der Waals surface area contributed by atoms with Crippen LogP contribution in [0.5, 0.6) is 0 Å². The molecule has 0 saturated carbocycles. The highest BCUT2D eigenvalue weighted by Gasteiger charge is 2.31. The molecule has 4 rings (SSSR count). The predicted octanol–water partition coefficient (Wildman–Crippen LogP) is 2.37. The summed E-state index contributed by atoms with van der Waals surface area (Å²) in [5, 5.41) is 6.90. The monoisotopic (exact) mass is 397 g/mol. The van der Waals surface area contributed by atoms with Crippen LogP contribution in [0.25, 0.3) is 0 Å². The number of pyridine rings is 1. The van der Waals surface area contributed by atoms with Crippen molar-refractivity contribution in [3.05, 3.63) is 47.6 Å². The Balaban J connectivity index is 1.23. The Hall–Kier alpha value is -2.25. The van der Waals surface area contributed by atoms with Gasteiger partial charge in [0.15, 0.2) is 5.76 Å². The average molecular weight is 398 g/mol. The molecule has 156 valence electrons. The lowest BCUT2D eigenvalue weighted by atomic mass is 9.93. The first kappa shape index (κ1) is 20.0. The minimum absolute atomic E-state index is 0.0705. The van der Waals surface area contributed by atoms with Crippen LogP contribution in [0.15, 0.2) is 35.1 Å². The van der Waals surface area contributed by atoms with Crippen LogP contribution >= 0.6 is 0 Å². The first-order chi connectivity index (χ1) is 14.2. The summed E-state index contributed by atoms with van der Waals surface area (Å²) >= 11 is 0. The Morgan fingerprint density at radius 1 is 1.28 bits per heavy atom. The van der Waals surface area contributed by atoms with Gasteiger partial charge < -0.3 is 9.84 Å². The van der Waals surface area contributed by atoms with Crippen LogP contribution in [-0.2, 0) is 17.9 Å². The summed E-state index contributed by atoms with van der Waals surface area (Å²) in [6, 6.07) is 6.61. The van der Waals surface area contributed by atoms with Gasteiger partial charge in [-0.1, -0.05) is 11.2 Å². The van der Waals surface area contributed by atoms with Gasteiger partial charge in [0.25, 0.3) is 0 Å². The largest absolute Gasteiger partial charge is 0.359 e. The number of carbonyl (C=O) groups excluding carboxylic acids is 1. The van der Waals surface area contributed by atoms with E-state index in [0.717, 1.165) is 51.3 Å². The maximum absolute atomic E-state index is 12.6. The third-order valence-corrected chi connectivity index (χ3v) is 6.14. The average Bonchev–Trinajstić information content (AvgIpc) is 3.18. The number of aryl methyl sites for hydroxylation is 1. The van der Waals surface area contributed by atoms with E-state index in [-0.39, 0.29) is 11.8 Å². The molecule has 2 aromatic heterocycles. The number of hydrogen-bond donors (Lipinski definition) is 1. The van der Waals surface area contributed by atoms with Crippen molar-refractivity contribution in [2.24, 2.45) is 5.92 Å². The molecule has 0 aromatic carbocycles. The molecule has 0 bridgehead atoms. The van der Waals surface area contributed by atoms with Crippen molar-refractivity contribution in [2.45, 2.75) is 51.7 Å².